The van der Waals surface area contributed by atoms with Crippen molar-refractivity contribution in [3.8, 4) is 22.5 Å². The lowest BCUT2D eigenvalue weighted by molar-refractivity contribution is 0.0527. The first-order valence-electron chi connectivity index (χ1n) is 7.89. The Balaban J connectivity index is 2.08. The number of aromatic nitrogens is 1. The van der Waals surface area contributed by atoms with Crippen LogP contribution in [0.2, 0.25) is 0 Å². The van der Waals surface area contributed by atoms with Crippen LogP contribution in [-0.2, 0) is 4.74 Å². The molecule has 0 aliphatic heterocycles. The summed E-state index contributed by atoms with van der Waals surface area (Å²) in [5.41, 5.74) is 3.67. The van der Waals surface area contributed by atoms with Crippen LogP contribution in [0.25, 0.3) is 22.5 Å². The molecule has 2 aromatic carbocycles. The van der Waals surface area contributed by atoms with Crippen molar-refractivity contribution in [3.05, 3.63) is 71.8 Å². The van der Waals surface area contributed by atoms with Gasteiger partial charge in [-0.1, -0.05) is 42.5 Å². The van der Waals surface area contributed by atoms with Crippen LogP contribution in [0.3, 0.4) is 0 Å². The second kappa shape index (κ2) is 7.05. The maximum absolute atomic E-state index is 12.3. The minimum atomic E-state index is -0.992. The second-order valence-corrected chi connectivity index (χ2v) is 5.44. The zero-order chi connectivity index (χ0) is 17.8. The lowest BCUT2D eigenvalue weighted by Crippen LogP contribution is -2.05. The lowest BCUT2D eigenvalue weighted by Gasteiger charge is -2.05. The van der Waals surface area contributed by atoms with E-state index in [0.717, 1.165) is 16.8 Å². The summed E-state index contributed by atoms with van der Waals surface area (Å²) in [5.74, 6) is -1.41. The summed E-state index contributed by atoms with van der Waals surface area (Å²) in [5, 5.41) is 9.03. The van der Waals surface area contributed by atoms with Crippen LogP contribution in [-0.4, -0.2) is 28.6 Å². The summed E-state index contributed by atoms with van der Waals surface area (Å²) in [6, 6.07) is 17.8. The monoisotopic (exact) mass is 335 g/mol. The van der Waals surface area contributed by atoms with Crippen LogP contribution < -0.4 is 0 Å². The fourth-order valence-electron chi connectivity index (χ4n) is 2.60. The van der Waals surface area contributed by atoms with Crippen LogP contribution in [0.1, 0.15) is 27.6 Å². The third-order valence-electron chi connectivity index (χ3n) is 3.82. The highest BCUT2D eigenvalue weighted by molar-refractivity contribution is 5.98. The normalized spacial score (nSPS) is 10.4. The number of ether oxygens (including phenoxy) is 1. The Labute approximate surface area is 144 Å². The molecule has 0 atom stereocenters. The van der Waals surface area contributed by atoms with Crippen molar-refractivity contribution < 1.29 is 19.4 Å². The SMILES string of the molecule is CCOC(=O)c1cc(-c2ccccc2)[nH]c1-c1ccc(C(=O)O)cc1. The Morgan fingerprint density at radius 3 is 2.28 bits per heavy atom. The summed E-state index contributed by atoms with van der Waals surface area (Å²) in [4.78, 5) is 26.6. The molecule has 0 aliphatic rings. The molecule has 0 saturated heterocycles. The fourth-order valence-corrected chi connectivity index (χ4v) is 2.60. The first-order chi connectivity index (χ1) is 12.1. The third-order valence-corrected chi connectivity index (χ3v) is 3.82. The van der Waals surface area contributed by atoms with Crippen molar-refractivity contribution in [3.63, 3.8) is 0 Å². The molecule has 1 aromatic heterocycles. The van der Waals surface area contributed by atoms with E-state index in [9.17, 15) is 9.59 Å². The number of rotatable bonds is 5. The second-order valence-electron chi connectivity index (χ2n) is 5.44. The van der Waals surface area contributed by atoms with E-state index in [1.54, 1.807) is 25.1 Å². The van der Waals surface area contributed by atoms with Crippen molar-refractivity contribution in [1.29, 1.82) is 0 Å². The summed E-state index contributed by atoms with van der Waals surface area (Å²) in [6.45, 7) is 2.03. The highest BCUT2D eigenvalue weighted by Crippen LogP contribution is 2.29. The van der Waals surface area contributed by atoms with Gasteiger partial charge < -0.3 is 14.8 Å². The number of H-pyrrole nitrogens is 1. The average Bonchev–Trinajstić information content (AvgIpc) is 3.08. The molecule has 25 heavy (non-hydrogen) atoms. The molecule has 0 bridgehead atoms. The first kappa shape index (κ1) is 16.5. The molecule has 2 N–H and O–H groups in total. The molecule has 5 heteroatoms. The van der Waals surface area contributed by atoms with Crippen molar-refractivity contribution in [2.45, 2.75) is 6.92 Å². The number of aromatic carboxylic acids is 1. The minimum Gasteiger partial charge on any atom is -0.478 e. The zero-order valence-electron chi connectivity index (χ0n) is 13.7. The number of benzene rings is 2. The van der Waals surface area contributed by atoms with E-state index in [1.807, 2.05) is 30.3 Å². The highest BCUT2D eigenvalue weighted by Gasteiger charge is 2.19. The van der Waals surface area contributed by atoms with Gasteiger partial charge in [0.2, 0.25) is 0 Å². The smallest absolute Gasteiger partial charge is 0.340 e. The number of carbonyl (C=O) groups is 2. The number of carboxylic acids is 1. The molecule has 0 saturated carbocycles. The number of carboxylic acid groups (broad SMARTS) is 1. The predicted octanol–water partition coefficient (Wildman–Crippen LogP) is 4.22. The van der Waals surface area contributed by atoms with Crippen molar-refractivity contribution in [1.82, 2.24) is 4.98 Å². The molecule has 0 unspecified atom stereocenters. The summed E-state index contributed by atoms with van der Waals surface area (Å²) < 4.78 is 5.15. The zero-order valence-corrected chi connectivity index (χ0v) is 13.7. The topological polar surface area (TPSA) is 79.4 Å². The molecule has 3 rings (SSSR count). The molecular weight excluding hydrogens is 318 g/mol. The number of esters is 1. The molecule has 0 fully saturated rings. The van der Waals surface area contributed by atoms with Crippen molar-refractivity contribution in [2.75, 3.05) is 6.61 Å². The number of aromatic amines is 1. The van der Waals surface area contributed by atoms with Gasteiger partial charge in [0.15, 0.2) is 0 Å². The molecule has 126 valence electrons. The van der Waals surface area contributed by atoms with Gasteiger partial charge in [-0.05, 0) is 36.2 Å². The Bertz CT molecular complexity index is 895. The molecule has 3 aromatic rings. The van der Waals surface area contributed by atoms with Crippen molar-refractivity contribution in [2.24, 2.45) is 0 Å². The van der Waals surface area contributed by atoms with Gasteiger partial charge in [0.05, 0.1) is 23.4 Å². The largest absolute Gasteiger partial charge is 0.478 e. The van der Waals surface area contributed by atoms with Crippen LogP contribution in [0, 0.1) is 0 Å². The van der Waals surface area contributed by atoms with Gasteiger partial charge in [0, 0.05) is 5.69 Å². The molecule has 5 nitrogen and oxygen atoms in total. The summed E-state index contributed by atoms with van der Waals surface area (Å²) in [7, 11) is 0. The van der Waals surface area contributed by atoms with Crippen LogP contribution in [0.4, 0.5) is 0 Å². The van der Waals surface area contributed by atoms with E-state index < -0.39 is 11.9 Å². The maximum atomic E-state index is 12.3. The average molecular weight is 335 g/mol. The Morgan fingerprint density at radius 2 is 1.68 bits per heavy atom. The Kier molecular flexibility index (Phi) is 4.66. The quantitative estimate of drug-likeness (QED) is 0.684. The van der Waals surface area contributed by atoms with Gasteiger partial charge in [-0.25, -0.2) is 9.59 Å². The third kappa shape index (κ3) is 3.45. The number of hydrogen-bond donors (Lipinski definition) is 2. The van der Waals surface area contributed by atoms with Gasteiger partial charge >= 0.3 is 11.9 Å². The van der Waals surface area contributed by atoms with E-state index >= 15 is 0 Å². The van der Waals surface area contributed by atoms with E-state index in [0.29, 0.717) is 11.3 Å². The maximum Gasteiger partial charge on any atom is 0.340 e. The predicted molar refractivity (Wildman–Crippen MR) is 94.6 cm³/mol. The molecule has 0 spiro atoms. The van der Waals surface area contributed by atoms with Gasteiger partial charge in [0.25, 0.3) is 0 Å². The summed E-state index contributed by atoms with van der Waals surface area (Å²) in [6.07, 6.45) is 0. The molecule has 0 radical (unpaired) electrons. The highest BCUT2D eigenvalue weighted by atomic mass is 16.5. The Morgan fingerprint density at radius 1 is 1.00 bits per heavy atom. The van der Waals surface area contributed by atoms with E-state index in [4.69, 9.17) is 9.84 Å². The van der Waals surface area contributed by atoms with Crippen LogP contribution >= 0.6 is 0 Å². The summed E-state index contributed by atoms with van der Waals surface area (Å²) >= 11 is 0. The van der Waals surface area contributed by atoms with Gasteiger partial charge in [-0.3, -0.25) is 0 Å². The lowest BCUT2D eigenvalue weighted by atomic mass is 10.1. The van der Waals surface area contributed by atoms with Crippen LogP contribution in [0.5, 0.6) is 0 Å². The fraction of sp³-hybridized carbons (Fsp3) is 0.100. The van der Waals surface area contributed by atoms with E-state index in [-0.39, 0.29) is 12.2 Å². The number of nitrogens with one attached hydrogen (secondary N) is 1. The number of hydrogen-bond acceptors (Lipinski definition) is 3. The van der Waals surface area contributed by atoms with Crippen LogP contribution in [0.15, 0.2) is 60.7 Å². The molecule has 0 aliphatic carbocycles. The van der Waals surface area contributed by atoms with E-state index in [1.165, 1.54) is 12.1 Å². The minimum absolute atomic E-state index is 0.191. The van der Waals surface area contributed by atoms with Gasteiger partial charge in [-0.2, -0.15) is 0 Å². The molecular formula is C20H17NO4. The van der Waals surface area contributed by atoms with E-state index in [2.05, 4.69) is 4.98 Å². The van der Waals surface area contributed by atoms with Crippen molar-refractivity contribution >= 4 is 11.9 Å². The molecule has 0 amide bonds. The molecule has 1 heterocycles. The van der Waals surface area contributed by atoms with Gasteiger partial charge in [-0.15, -0.1) is 0 Å². The Hall–Kier alpha value is -3.34. The number of carbonyl (C=O) groups excluding carboxylic acids is 1. The standard InChI is InChI=1S/C20H17NO4/c1-2-25-20(24)16-12-17(13-6-4-3-5-7-13)21-18(16)14-8-10-15(11-9-14)19(22)23/h3-12,21H,2H2,1H3,(H,22,23). The van der Waals surface area contributed by atoms with Gasteiger partial charge in [0.1, 0.15) is 0 Å². The first-order valence-corrected chi connectivity index (χ1v) is 7.89.